The van der Waals surface area contributed by atoms with Crippen molar-refractivity contribution in [2.75, 3.05) is 0 Å². The van der Waals surface area contributed by atoms with Crippen molar-refractivity contribution in [1.29, 1.82) is 0 Å². The molecule has 0 saturated carbocycles. The molecule has 2 heterocycles. The minimum atomic E-state index is 1.05. The van der Waals surface area contributed by atoms with Gasteiger partial charge >= 0.3 is 0 Å². The zero-order valence-electron chi connectivity index (χ0n) is 9.88. The summed E-state index contributed by atoms with van der Waals surface area (Å²) in [7, 11) is 1.96. The quantitative estimate of drug-likeness (QED) is 0.635. The fourth-order valence-corrected chi connectivity index (χ4v) is 2.10. The summed E-state index contributed by atoms with van der Waals surface area (Å²) in [5.74, 6) is 0. The third kappa shape index (κ3) is 1.60. The van der Waals surface area contributed by atoms with Gasteiger partial charge in [0.15, 0.2) is 0 Å². The Hall–Kier alpha value is -2.16. The molecule has 3 aromatic rings. The van der Waals surface area contributed by atoms with Crippen molar-refractivity contribution in [3.63, 3.8) is 0 Å². The van der Waals surface area contributed by atoms with E-state index in [1.54, 1.807) is 0 Å². The molecular weight excluding hydrogens is 210 g/mol. The molecule has 0 N–H and O–H groups in total. The Labute approximate surface area is 99.7 Å². The maximum Gasteiger partial charge on any atom is 0.0685 e. The average molecular weight is 223 g/mol. The molecule has 3 rings (SSSR count). The fourth-order valence-electron chi connectivity index (χ4n) is 2.10. The first kappa shape index (κ1) is 10.0. The summed E-state index contributed by atoms with van der Waals surface area (Å²) in [6.45, 7) is 2.03. The summed E-state index contributed by atoms with van der Waals surface area (Å²) in [5, 5.41) is 5.42. The van der Waals surface area contributed by atoms with Crippen molar-refractivity contribution in [2.24, 2.45) is 7.05 Å². The van der Waals surface area contributed by atoms with Crippen LogP contribution in [0.25, 0.3) is 22.0 Å². The lowest BCUT2D eigenvalue weighted by atomic mass is 10.0. The third-order valence-electron chi connectivity index (χ3n) is 3.07. The molecule has 2 aromatic heterocycles. The number of aromatic nitrogens is 3. The molecule has 0 radical (unpaired) electrons. The summed E-state index contributed by atoms with van der Waals surface area (Å²) >= 11 is 0. The van der Waals surface area contributed by atoms with Gasteiger partial charge in [0.05, 0.1) is 11.7 Å². The average Bonchev–Trinajstić information content (AvgIpc) is 2.71. The van der Waals surface area contributed by atoms with Crippen LogP contribution in [0, 0.1) is 6.92 Å². The van der Waals surface area contributed by atoms with Crippen LogP contribution in [0.2, 0.25) is 0 Å². The standard InChI is InChI=1S/C14H13N3/c1-10-13(4-3-7-15-10)11-5-6-12-9-16-17(2)14(12)8-11/h3-9H,1-2H3. The number of pyridine rings is 1. The van der Waals surface area contributed by atoms with Crippen LogP contribution in [0.3, 0.4) is 0 Å². The first-order valence-corrected chi connectivity index (χ1v) is 5.59. The van der Waals surface area contributed by atoms with Gasteiger partial charge in [-0.25, -0.2) is 0 Å². The molecule has 0 atom stereocenters. The van der Waals surface area contributed by atoms with Crippen molar-refractivity contribution in [1.82, 2.24) is 14.8 Å². The van der Waals surface area contributed by atoms with Crippen LogP contribution in [0.1, 0.15) is 5.69 Å². The van der Waals surface area contributed by atoms with Gasteiger partial charge in [-0.15, -0.1) is 0 Å². The Bertz CT molecular complexity index is 683. The predicted octanol–water partition coefficient (Wildman–Crippen LogP) is 2.94. The maximum absolute atomic E-state index is 4.32. The van der Waals surface area contributed by atoms with Crippen molar-refractivity contribution in [3.05, 3.63) is 48.4 Å². The molecule has 3 heteroatoms. The third-order valence-corrected chi connectivity index (χ3v) is 3.07. The lowest BCUT2D eigenvalue weighted by molar-refractivity contribution is 0.797. The topological polar surface area (TPSA) is 30.7 Å². The lowest BCUT2D eigenvalue weighted by Crippen LogP contribution is -1.90. The van der Waals surface area contributed by atoms with Crippen LogP contribution in [0.4, 0.5) is 0 Å². The van der Waals surface area contributed by atoms with Gasteiger partial charge in [-0.3, -0.25) is 9.67 Å². The van der Waals surface area contributed by atoms with E-state index in [0.717, 1.165) is 16.6 Å². The number of hydrogen-bond donors (Lipinski definition) is 0. The maximum atomic E-state index is 4.32. The number of rotatable bonds is 1. The molecule has 0 aliphatic heterocycles. The first-order chi connectivity index (χ1) is 8.25. The van der Waals surface area contributed by atoms with Crippen LogP contribution in [0.5, 0.6) is 0 Å². The van der Waals surface area contributed by atoms with Gasteiger partial charge < -0.3 is 0 Å². The molecule has 0 saturated heterocycles. The largest absolute Gasteiger partial charge is 0.268 e. The van der Waals surface area contributed by atoms with Gasteiger partial charge in [0.25, 0.3) is 0 Å². The van der Waals surface area contributed by atoms with Gasteiger partial charge in [-0.1, -0.05) is 18.2 Å². The molecule has 0 unspecified atom stereocenters. The van der Waals surface area contributed by atoms with Crippen molar-refractivity contribution < 1.29 is 0 Å². The summed E-state index contributed by atoms with van der Waals surface area (Å²) in [5.41, 5.74) is 4.56. The van der Waals surface area contributed by atoms with Crippen molar-refractivity contribution >= 4 is 10.9 Å². The Morgan fingerprint density at radius 2 is 2.06 bits per heavy atom. The number of hydrogen-bond acceptors (Lipinski definition) is 2. The lowest BCUT2D eigenvalue weighted by Gasteiger charge is -2.05. The summed E-state index contributed by atoms with van der Waals surface area (Å²) < 4.78 is 1.89. The Balaban J connectivity index is 2.24. The number of fused-ring (bicyclic) bond motifs is 1. The second-order valence-corrected chi connectivity index (χ2v) is 4.18. The summed E-state index contributed by atoms with van der Waals surface area (Å²) in [6, 6.07) is 10.4. The van der Waals surface area contributed by atoms with E-state index in [9.17, 15) is 0 Å². The van der Waals surface area contributed by atoms with E-state index in [4.69, 9.17) is 0 Å². The highest BCUT2D eigenvalue weighted by Gasteiger charge is 2.05. The molecule has 84 valence electrons. The summed E-state index contributed by atoms with van der Waals surface area (Å²) in [6.07, 6.45) is 3.71. The second kappa shape index (κ2) is 3.70. The van der Waals surface area contributed by atoms with Crippen molar-refractivity contribution in [2.45, 2.75) is 6.92 Å². The van der Waals surface area contributed by atoms with Gasteiger partial charge in [-0.05, 0) is 24.6 Å². The highest BCUT2D eigenvalue weighted by molar-refractivity contribution is 5.84. The minimum Gasteiger partial charge on any atom is -0.268 e. The fraction of sp³-hybridized carbons (Fsp3) is 0.143. The Morgan fingerprint density at radius 1 is 1.18 bits per heavy atom. The van der Waals surface area contributed by atoms with Crippen LogP contribution in [-0.4, -0.2) is 14.8 Å². The van der Waals surface area contributed by atoms with E-state index >= 15 is 0 Å². The van der Waals surface area contributed by atoms with E-state index in [2.05, 4.69) is 34.3 Å². The second-order valence-electron chi connectivity index (χ2n) is 4.18. The predicted molar refractivity (Wildman–Crippen MR) is 68.7 cm³/mol. The van der Waals surface area contributed by atoms with Crippen LogP contribution >= 0.6 is 0 Å². The molecule has 0 amide bonds. The number of benzene rings is 1. The van der Waals surface area contributed by atoms with Crippen LogP contribution in [0.15, 0.2) is 42.7 Å². The van der Waals surface area contributed by atoms with E-state index in [-0.39, 0.29) is 0 Å². The molecule has 1 aromatic carbocycles. The first-order valence-electron chi connectivity index (χ1n) is 5.59. The van der Waals surface area contributed by atoms with Crippen molar-refractivity contribution in [3.8, 4) is 11.1 Å². The van der Waals surface area contributed by atoms with Gasteiger partial charge in [0.2, 0.25) is 0 Å². The van der Waals surface area contributed by atoms with E-state index < -0.39 is 0 Å². The van der Waals surface area contributed by atoms with E-state index in [1.165, 1.54) is 11.1 Å². The van der Waals surface area contributed by atoms with E-state index in [0.29, 0.717) is 0 Å². The monoisotopic (exact) mass is 223 g/mol. The molecule has 0 spiro atoms. The van der Waals surface area contributed by atoms with Gasteiger partial charge in [0.1, 0.15) is 0 Å². The molecule has 17 heavy (non-hydrogen) atoms. The molecule has 0 aliphatic carbocycles. The molecule has 0 fully saturated rings. The highest BCUT2D eigenvalue weighted by Crippen LogP contribution is 2.25. The normalized spacial score (nSPS) is 10.9. The SMILES string of the molecule is Cc1ncccc1-c1ccc2cnn(C)c2c1. The van der Waals surface area contributed by atoms with Gasteiger partial charge in [-0.2, -0.15) is 5.10 Å². The molecule has 0 bridgehead atoms. The van der Waals surface area contributed by atoms with Crippen LogP contribution in [-0.2, 0) is 7.05 Å². The van der Waals surface area contributed by atoms with Gasteiger partial charge in [0, 0.05) is 29.9 Å². The number of aryl methyl sites for hydroxylation is 2. The molecule has 3 nitrogen and oxygen atoms in total. The Kier molecular flexibility index (Phi) is 2.18. The van der Waals surface area contributed by atoms with Crippen LogP contribution < -0.4 is 0 Å². The highest BCUT2D eigenvalue weighted by atomic mass is 15.2. The summed E-state index contributed by atoms with van der Waals surface area (Å²) in [4.78, 5) is 4.32. The Morgan fingerprint density at radius 3 is 2.88 bits per heavy atom. The zero-order valence-corrected chi connectivity index (χ0v) is 9.88. The molecule has 0 aliphatic rings. The van der Waals surface area contributed by atoms with E-state index in [1.807, 2.05) is 37.1 Å². The number of nitrogens with zero attached hydrogens (tertiary/aromatic N) is 3. The zero-order chi connectivity index (χ0) is 11.8. The molecular formula is C14H13N3. The minimum absolute atomic E-state index is 1.05. The smallest absolute Gasteiger partial charge is 0.0685 e.